The highest BCUT2D eigenvalue weighted by Crippen LogP contribution is 2.36. The molecule has 0 aromatic rings. The van der Waals surface area contributed by atoms with Crippen molar-refractivity contribution in [2.45, 2.75) is 58.0 Å². The van der Waals surface area contributed by atoms with Gasteiger partial charge in [-0.3, -0.25) is 0 Å². The van der Waals surface area contributed by atoms with E-state index in [1.54, 1.807) is 0 Å². The van der Waals surface area contributed by atoms with Crippen molar-refractivity contribution >= 4 is 0 Å². The van der Waals surface area contributed by atoms with Crippen molar-refractivity contribution in [3.8, 4) is 0 Å². The van der Waals surface area contributed by atoms with Gasteiger partial charge < -0.3 is 15.4 Å². The maximum absolute atomic E-state index is 6.50. The van der Waals surface area contributed by atoms with Crippen LogP contribution in [0.25, 0.3) is 0 Å². The Morgan fingerprint density at radius 2 is 1.89 bits per heavy atom. The van der Waals surface area contributed by atoms with Crippen molar-refractivity contribution in [3.05, 3.63) is 0 Å². The van der Waals surface area contributed by atoms with E-state index >= 15 is 0 Å². The minimum absolute atomic E-state index is 0.298. The molecule has 1 aliphatic carbocycles. The number of hydrogen-bond acceptors (Lipinski definition) is 3. The summed E-state index contributed by atoms with van der Waals surface area (Å²) in [6.45, 7) is 7.73. The summed E-state index contributed by atoms with van der Waals surface area (Å²) in [5.41, 5.74) is 6.79. The predicted molar refractivity (Wildman–Crippen MR) is 75.6 cm³/mol. The summed E-state index contributed by atoms with van der Waals surface area (Å²) >= 11 is 0. The van der Waals surface area contributed by atoms with E-state index in [9.17, 15) is 0 Å². The van der Waals surface area contributed by atoms with Crippen molar-refractivity contribution in [1.29, 1.82) is 0 Å². The predicted octanol–water partition coefficient (Wildman–Crippen LogP) is 2.25. The number of nitrogens with zero attached hydrogens (tertiary/aromatic N) is 1. The summed E-state index contributed by atoms with van der Waals surface area (Å²) < 4.78 is 5.44. The Morgan fingerprint density at radius 1 is 1.22 bits per heavy atom. The Bertz CT molecular complexity index is 261. The lowest BCUT2D eigenvalue weighted by molar-refractivity contribution is 0.0321. The quantitative estimate of drug-likeness (QED) is 0.839. The molecule has 2 unspecified atom stereocenters. The molecule has 0 aromatic carbocycles. The SMILES string of the molecule is CN(CC1CCOCC1)C1CCCC(C)(C)C1N. The summed E-state index contributed by atoms with van der Waals surface area (Å²) in [6.07, 6.45) is 6.30. The van der Waals surface area contributed by atoms with Gasteiger partial charge in [0.05, 0.1) is 0 Å². The van der Waals surface area contributed by atoms with Crippen molar-refractivity contribution in [1.82, 2.24) is 4.90 Å². The molecule has 1 heterocycles. The number of likely N-dealkylation sites (N-methyl/N-ethyl adjacent to an activating group) is 1. The third kappa shape index (κ3) is 3.25. The zero-order chi connectivity index (χ0) is 13.2. The van der Waals surface area contributed by atoms with Gasteiger partial charge in [-0.05, 0) is 44.1 Å². The van der Waals surface area contributed by atoms with E-state index in [0.29, 0.717) is 17.5 Å². The summed E-state index contributed by atoms with van der Waals surface area (Å²) in [4.78, 5) is 2.53. The highest BCUT2D eigenvalue weighted by atomic mass is 16.5. The first-order valence-electron chi connectivity index (χ1n) is 7.54. The average Bonchev–Trinajstić information content (AvgIpc) is 2.34. The van der Waals surface area contributed by atoms with Crippen molar-refractivity contribution in [3.63, 3.8) is 0 Å². The average molecular weight is 254 g/mol. The van der Waals surface area contributed by atoms with Gasteiger partial charge in [-0.15, -0.1) is 0 Å². The Morgan fingerprint density at radius 3 is 2.56 bits per heavy atom. The van der Waals surface area contributed by atoms with Crippen LogP contribution in [0.1, 0.15) is 46.0 Å². The zero-order valence-corrected chi connectivity index (χ0v) is 12.3. The molecule has 0 amide bonds. The molecule has 1 aliphatic heterocycles. The van der Waals surface area contributed by atoms with Crippen LogP contribution < -0.4 is 5.73 Å². The van der Waals surface area contributed by atoms with E-state index in [1.165, 1.54) is 38.6 Å². The fraction of sp³-hybridized carbons (Fsp3) is 1.00. The number of rotatable bonds is 3. The molecule has 1 saturated heterocycles. The largest absolute Gasteiger partial charge is 0.381 e. The van der Waals surface area contributed by atoms with Gasteiger partial charge in [-0.1, -0.05) is 20.3 Å². The van der Waals surface area contributed by atoms with E-state index in [-0.39, 0.29) is 0 Å². The molecule has 3 heteroatoms. The van der Waals surface area contributed by atoms with E-state index in [1.807, 2.05) is 0 Å². The maximum Gasteiger partial charge on any atom is 0.0469 e. The van der Waals surface area contributed by atoms with Gasteiger partial charge in [0.2, 0.25) is 0 Å². The fourth-order valence-electron chi connectivity index (χ4n) is 3.60. The summed E-state index contributed by atoms with van der Waals surface area (Å²) in [5.74, 6) is 0.806. The van der Waals surface area contributed by atoms with Crippen molar-refractivity contribution in [2.24, 2.45) is 17.1 Å². The molecule has 0 radical (unpaired) electrons. The first-order chi connectivity index (χ1) is 8.50. The zero-order valence-electron chi connectivity index (χ0n) is 12.3. The summed E-state index contributed by atoms with van der Waals surface area (Å²) in [7, 11) is 2.27. The lowest BCUT2D eigenvalue weighted by Gasteiger charge is -2.46. The van der Waals surface area contributed by atoms with Crippen molar-refractivity contribution < 1.29 is 4.74 Å². The van der Waals surface area contributed by atoms with Crippen LogP contribution in [0.5, 0.6) is 0 Å². The molecule has 0 bridgehead atoms. The van der Waals surface area contributed by atoms with Crippen LogP contribution in [0.4, 0.5) is 0 Å². The summed E-state index contributed by atoms with van der Waals surface area (Å²) in [6, 6.07) is 0.882. The molecule has 18 heavy (non-hydrogen) atoms. The monoisotopic (exact) mass is 254 g/mol. The number of nitrogens with two attached hydrogens (primary N) is 1. The first kappa shape index (κ1) is 14.3. The Hall–Kier alpha value is -0.120. The van der Waals surface area contributed by atoms with Crippen LogP contribution in [0.2, 0.25) is 0 Å². The molecule has 1 saturated carbocycles. The van der Waals surface area contributed by atoms with Gasteiger partial charge in [0, 0.05) is 31.8 Å². The fourth-order valence-corrected chi connectivity index (χ4v) is 3.60. The van der Waals surface area contributed by atoms with Gasteiger partial charge in [-0.2, -0.15) is 0 Å². The molecule has 106 valence electrons. The topological polar surface area (TPSA) is 38.5 Å². The van der Waals surface area contributed by atoms with Crippen LogP contribution in [-0.4, -0.2) is 43.8 Å². The lowest BCUT2D eigenvalue weighted by Crippen LogP contribution is -2.56. The van der Waals surface area contributed by atoms with Crippen LogP contribution >= 0.6 is 0 Å². The molecule has 2 atom stereocenters. The van der Waals surface area contributed by atoms with Crippen LogP contribution in [-0.2, 0) is 4.74 Å². The molecule has 3 nitrogen and oxygen atoms in total. The number of ether oxygens (including phenoxy) is 1. The van der Waals surface area contributed by atoms with Crippen LogP contribution in [0, 0.1) is 11.3 Å². The molecule has 2 N–H and O–H groups in total. The third-order valence-electron chi connectivity index (χ3n) is 5.09. The van der Waals surface area contributed by atoms with Gasteiger partial charge in [0.1, 0.15) is 0 Å². The smallest absolute Gasteiger partial charge is 0.0469 e. The van der Waals surface area contributed by atoms with Crippen molar-refractivity contribution in [2.75, 3.05) is 26.8 Å². The Labute approximate surface area is 112 Å². The molecule has 2 fully saturated rings. The van der Waals surface area contributed by atoms with E-state index in [2.05, 4.69) is 25.8 Å². The maximum atomic E-state index is 6.50. The second-order valence-electron chi connectivity index (χ2n) is 6.97. The Kier molecular flexibility index (Phi) is 4.68. The first-order valence-corrected chi connectivity index (χ1v) is 7.54. The van der Waals surface area contributed by atoms with Gasteiger partial charge in [-0.25, -0.2) is 0 Å². The molecule has 0 aromatic heterocycles. The van der Waals surface area contributed by atoms with Gasteiger partial charge >= 0.3 is 0 Å². The molecule has 0 spiro atoms. The van der Waals surface area contributed by atoms with Gasteiger partial charge in [0.25, 0.3) is 0 Å². The van der Waals surface area contributed by atoms with Crippen LogP contribution in [0.3, 0.4) is 0 Å². The summed E-state index contributed by atoms with van der Waals surface area (Å²) in [5, 5.41) is 0. The highest BCUT2D eigenvalue weighted by molar-refractivity contribution is 4.95. The molecule has 2 aliphatic rings. The van der Waals surface area contributed by atoms with Gasteiger partial charge in [0.15, 0.2) is 0 Å². The number of hydrogen-bond donors (Lipinski definition) is 1. The van der Waals surface area contributed by atoms with E-state index in [0.717, 1.165) is 19.1 Å². The molecular weight excluding hydrogens is 224 g/mol. The minimum Gasteiger partial charge on any atom is -0.381 e. The lowest BCUT2D eigenvalue weighted by atomic mass is 9.70. The second-order valence-corrected chi connectivity index (χ2v) is 6.97. The second kappa shape index (κ2) is 5.89. The minimum atomic E-state index is 0.298. The van der Waals surface area contributed by atoms with E-state index < -0.39 is 0 Å². The standard InChI is InChI=1S/C15H30N2O/c1-15(2)8-4-5-13(14(15)16)17(3)11-12-6-9-18-10-7-12/h12-14H,4-11,16H2,1-3H3. The normalized spacial score (nSPS) is 33.8. The Balaban J connectivity index is 1.89. The molecule has 2 rings (SSSR count). The van der Waals surface area contributed by atoms with Crippen LogP contribution in [0.15, 0.2) is 0 Å². The van der Waals surface area contributed by atoms with E-state index in [4.69, 9.17) is 10.5 Å². The molecular formula is C15H30N2O. The highest BCUT2D eigenvalue weighted by Gasteiger charge is 2.38. The third-order valence-corrected chi connectivity index (χ3v) is 5.09.